The third-order valence-electron chi connectivity index (χ3n) is 3.12. The molecule has 0 fully saturated rings. The lowest BCUT2D eigenvalue weighted by Gasteiger charge is -2.03. The van der Waals surface area contributed by atoms with Crippen LogP contribution in [0.1, 0.15) is 10.4 Å². The van der Waals surface area contributed by atoms with Crippen molar-refractivity contribution in [3.63, 3.8) is 0 Å². The molecule has 0 aliphatic carbocycles. The molecule has 4 nitrogen and oxygen atoms in total. The summed E-state index contributed by atoms with van der Waals surface area (Å²) in [7, 11) is 0. The van der Waals surface area contributed by atoms with Gasteiger partial charge in [0.2, 0.25) is 0 Å². The van der Waals surface area contributed by atoms with Crippen molar-refractivity contribution in [3.8, 4) is 0 Å². The average molecular weight is 322 g/mol. The molecule has 0 aliphatic heterocycles. The zero-order valence-electron chi connectivity index (χ0n) is 10.7. The van der Waals surface area contributed by atoms with Crippen molar-refractivity contribution >= 4 is 40.1 Å². The Bertz CT molecular complexity index is 895. The van der Waals surface area contributed by atoms with E-state index in [4.69, 9.17) is 27.6 Å². The van der Waals surface area contributed by atoms with E-state index in [-0.39, 0.29) is 12.3 Å². The molecule has 0 N–H and O–H groups in total. The molecule has 0 saturated heterocycles. The molecule has 0 saturated carbocycles. The van der Waals surface area contributed by atoms with Gasteiger partial charge >= 0.3 is 5.76 Å². The van der Waals surface area contributed by atoms with Crippen LogP contribution in [0.25, 0.3) is 11.1 Å². The summed E-state index contributed by atoms with van der Waals surface area (Å²) < 4.78 is 6.38. The summed E-state index contributed by atoms with van der Waals surface area (Å²) in [4.78, 5) is 24.1. The van der Waals surface area contributed by atoms with Crippen molar-refractivity contribution in [1.29, 1.82) is 0 Å². The standard InChI is InChI=1S/C15H9Cl2NO3/c16-10-6-5-9(7-11(10)17)13(19)8-18-12-3-1-2-4-14(12)21-15(18)20/h1-7H,8H2. The molecular formula is C15H9Cl2NO3. The van der Waals surface area contributed by atoms with E-state index in [0.29, 0.717) is 26.7 Å². The second-order valence-electron chi connectivity index (χ2n) is 4.47. The highest BCUT2D eigenvalue weighted by Crippen LogP contribution is 2.23. The van der Waals surface area contributed by atoms with Crippen LogP contribution in [0.4, 0.5) is 0 Å². The predicted octanol–water partition coefficient (Wildman–Crippen LogP) is 3.78. The van der Waals surface area contributed by atoms with Gasteiger partial charge in [0.05, 0.1) is 22.1 Å². The Morgan fingerprint density at radius 1 is 1.10 bits per heavy atom. The number of aromatic nitrogens is 1. The molecule has 0 amide bonds. The minimum atomic E-state index is -0.565. The Balaban J connectivity index is 1.98. The van der Waals surface area contributed by atoms with E-state index in [9.17, 15) is 9.59 Å². The van der Waals surface area contributed by atoms with E-state index in [1.54, 1.807) is 36.4 Å². The van der Waals surface area contributed by atoms with Crippen LogP contribution >= 0.6 is 23.2 Å². The third-order valence-corrected chi connectivity index (χ3v) is 3.86. The molecule has 106 valence electrons. The van der Waals surface area contributed by atoms with Gasteiger partial charge in [-0.1, -0.05) is 35.3 Å². The quantitative estimate of drug-likeness (QED) is 0.690. The van der Waals surface area contributed by atoms with E-state index in [0.717, 1.165) is 0 Å². The van der Waals surface area contributed by atoms with Crippen molar-refractivity contribution in [2.75, 3.05) is 0 Å². The van der Waals surface area contributed by atoms with Gasteiger partial charge in [0.25, 0.3) is 0 Å². The summed E-state index contributed by atoms with van der Waals surface area (Å²) in [6.07, 6.45) is 0. The highest BCUT2D eigenvalue weighted by molar-refractivity contribution is 6.42. The first kappa shape index (κ1) is 13.9. The highest BCUT2D eigenvalue weighted by Gasteiger charge is 2.14. The molecule has 3 rings (SSSR count). The highest BCUT2D eigenvalue weighted by atomic mass is 35.5. The molecule has 0 aliphatic rings. The van der Waals surface area contributed by atoms with Crippen LogP contribution in [0.15, 0.2) is 51.7 Å². The van der Waals surface area contributed by atoms with Crippen LogP contribution in [0, 0.1) is 0 Å². The molecule has 0 radical (unpaired) electrons. The molecule has 1 heterocycles. The number of ketones is 1. The van der Waals surface area contributed by atoms with Gasteiger partial charge in [0.1, 0.15) is 0 Å². The number of para-hydroxylation sites is 2. The van der Waals surface area contributed by atoms with Crippen molar-refractivity contribution in [2.45, 2.75) is 6.54 Å². The van der Waals surface area contributed by atoms with Gasteiger partial charge in [0.15, 0.2) is 11.4 Å². The molecule has 1 aromatic heterocycles. The fourth-order valence-electron chi connectivity index (χ4n) is 2.07. The van der Waals surface area contributed by atoms with E-state index in [1.807, 2.05) is 0 Å². The third kappa shape index (κ3) is 2.60. The number of halogens is 2. The van der Waals surface area contributed by atoms with Crippen molar-refractivity contribution in [2.24, 2.45) is 0 Å². The summed E-state index contributed by atoms with van der Waals surface area (Å²) in [5, 5.41) is 0.672. The zero-order chi connectivity index (χ0) is 15.0. The number of rotatable bonds is 3. The van der Waals surface area contributed by atoms with Crippen molar-refractivity contribution < 1.29 is 9.21 Å². The van der Waals surface area contributed by atoms with Crippen molar-refractivity contribution in [1.82, 2.24) is 4.57 Å². The molecule has 2 aromatic carbocycles. The number of carbonyl (C=O) groups is 1. The number of hydrogen-bond donors (Lipinski definition) is 0. The number of oxazole rings is 1. The van der Waals surface area contributed by atoms with Gasteiger partial charge < -0.3 is 4.42 Å². The average Bonchev–Trinajstić information content (AvgIpc) is 2.78. The molecule has 0 spiro atoms. The van der Waals surface area contributed by atoms with Crippen molar-refractivity contribution in [3.05, 3.63) is 68.6 Å². The molecule has 0 unspecified atom stereocenters. The zero-order valence-corrected chi connectivity index (χ0v) is 12.2. The summed E-state index contributed by atoms with van der Waals surface area (Å²) >= 11 is 11.7. The lowest BCUT2D eigenvalue weighted by Crippen LogP contribution is -2.20. The number of nitrogens with zero attached hydrogens (tertiary/aromatic N) is 1. The van der Waals surface area contributed by atoms with Gasteiger partial charge in [-0.25, -0.2) is 4.79 Å². The van der Waals surface area contributed by atoms with E-state index < -0.39 is 5.76 Å². The number of benzene rings is 2. The van der Waals surface area contributed by atoms with E-state index in [2.05, 4.69) is 0 Å². The lowest BCUT2D eigenvalue weighted by atomic mass is 10.1. The monoisotopic (exact) mass is 321 g/mol. The van der Waals surface area contributed by atoms with Crippen LogP contribution in [0.3, 0.4) is 0 Å². The van der Waals surface area contributed by atoms with Crippen LogP contribution in [-0.4, -0.2) is 10.4 Å². The summed E-state index contributed by atoms with van der Waals surface area (Å²) in [5.74, 6) is -0.813. The summed E-state index contributed by atoms with van der Waals surface area (Å²) in [5.41, 5.74) is 1.42. The van der Waals surface area contributed by atoms with Crippen LogP contribution in [0.5, 0.6) is 0 Å². The van der Waals surface area contributed by atoms with Crippen LogP contribution < -0.4 is 5.76 Å². The Hall–Kier alpha value is -2.04. The number of hydrogen-bond acceptors (Lipinski definition) is 3. The Labute approximate surface area is 129 Å². The first-order valence-electron chi connectivity index (χ1n) is 6.13. The van der Waals surface area contributed by atoms with Crippen LogP contribution in [-0.2, 0) is 6.54 Å². The fourth-order valence-corrected chi connectivity index (χ4v) is 2.37. The minimum Gasteiger partial charge on any atom is -0.408 e. The second kappa shape index (κ2) is 5.39. The maximum atomic E-state index is 12.3. The maximum Gasteiger partial charge on any atom is 0.420 e. The van der Waals surface area contributed by atoms with E-state index >= 15 is 0 Å². The van der Waals surface area contributed by atoms with E-state index in [1.165, 1.54) is 10.6 Å². The first-order valence-corrected chi connectivity index (χ1v) is 6.88. The molecule has 6 heteroatoms. The Morgan fingerprint density at radius 3 is 2.62 bits per heavy atom. The normalized spacial score (nSPS) is 11.0. The van der Waals surface area contributed by atoms with Gasteiger partial charge in [-0.2, -0.15) is 0 Å². The predicted molar refractivity (Wildman–Crippen MR) is 81.3 cm³/mol. The first-order chi connectivity index (χ1) is 10.1. The molecule has 3 aromatic rings. The van der Waals surface area contributed by atoms with Gasteiger partial charge in [-0.05, 0) is 30.3 Å². The fraction of sp³-hybridized carbons (Fsp3) is 0.0667. The van der Waals surface area contributed by atoms with Crippen LogP contribution in [0.2, 0.25) is 10.0 Å². The number of Topliss-reactive ketones (excluding diaryl/α,β-unsaturated/α-hetero) is 1. The number of carbonyl (C=O) groups excluding carboxylic acids is 1. The van der Waals surface area contributed by atoms with Gasteiger partial charge in [0, 0.05) is 5.56 Å². The maximum absolute atomic E-state index is 12.3. The topological polar surface area (TPSA) is 52.2 Å². The second-order valence-corrected chi connectivity index (χ2v) is 5.29. The lowest BCUT2D eigenvalue weighted by molar-refractivity contribution is 0.0970. The Kier molecular flexibility index (Phi) is 3.57. The van der Waals surface area contributed by atoms with Gasteiger partial charge in [-0.15, -0.1) is 0 Å². The summed E-state index contributed by atoms with van der Waals surface area (Å²) in [6.45, 7) is -0.117. The van der Waals surface area contributed by atoms with Gasteiger partial charge in [-0.3, -0.25) is 9.36 Å². The molecule has 21 heavy (non-hydrogen) atoms. The smallest absolute Gasteiger partial charge is 0.408 e. The number of fused-ring (bicyclic) bond motifs is 1. The molecule has 0 bridgehead atoms. The minimum absolute atomic E-state index is 0.117. The summed E-state index contributed by atoms with van der Waals surface area (Å²) in [6, 6.07) is 11.5. The molecular weight excluding hydrogens is 313 g/mol. The molecule has 0 atom stereocenters. The Morgan fingerprint density at radius 2 is 1.86 bits per heavy atom. The largest absolute Gasteiger partial charge is 0.420 e. The SMILES string of the molecule is O=C(Cn1c(=O)oc2ccccc21)c1ccc(Cl)c(Cl)c1.